The molecule has 1 aliphatic carbocycles. The molecular weight excluding hydrogens is 282 g/mol. The number of thiocarbonyl (C=S) groups is 1. The predicted octanol–water partition coefficient (Wildman–Crippen LogP) is 2.29. The van der Waals surface area contributed by atoms with Crippen LogP contribution in [0.3, 0.4) is 0 Å². The molecule has 0 saturated heterocycles. The summed E-state index contributed by atoms with van der Waals surface area (Å²) in [6.45, 7) is 3.22. The monoisotopic (exact) mass is 301 g/mol. The maximum atomic E-state index is 12.4. The molecule has 1 amide bonds. The second kappa shape index (κ2) is 5.48. The summed E-state index contributed by atoms with van der Waals surface area (Å²) in [7, 11) is 0. The summed E-state index contributed by atoms with van der Waals surface area (Å²) in [6, 6.07) is 8.31. The van der Waals surface area contributed by atoms with E-state index in [-0.39, 0.29) is 5.91 Å². The lowest BCUT2D eigenvalue weighted by atomic mass is 10.1. The molecule has 1 aromatic carbocycles. The predicted molar refractivity (Wildman–Crippen MR) is 88.2 cm³/mol. The van der Waals surface area contributed by atoms with Gasteiger partial charge >= 0.3 is 0 Å². The van der Waals surface area contributed by atoms with Crippen LogP contribution in [-0.2, 0) is 11.3 Å². The number of amides is 1. The molecule has 0 atom stereocenters. The van der Waals surface area contributed by atoms with Gasteiger partial charge in [-0.15, -0.1) is 0 Å². The standard InChI is InChI=1S/C16H19N3OS/c1-2-19(13-4-5-13)15(20)10-18-8-7-11-9-12(16(17)21)3-6-14(11)18/h3,6-9,13H,2,4-5,10H2,1H3,(H2,17,21). The number of carbonyl (C=O) groups excluding carboxylic acids is 1. The lowest BCUT2D eigenvalue weighted by molar-refractivity contribution is -0.132. The van der Waals surface area contributed by atoms with Gasteiger partial charge in [-0.3, -0.25) is 4.79 Å². The minimum atomic E-state index is 0.191. The van der Waals surface area contributed by atoms with Gasteiger partial charge in [0, 0.05) is 35.2 Å². The van der Waals surface area contributed by atoms with Gasteiger partial charge in [0.2, 0.25) is 5.91 Å². The Hall–Kier alpha value is -1.88. The number of carbonyl (C=O) groups is 1. The smallest absolute Gasteiger partial charge is 0.242 e. The zero-order valence-electron chi connectivity index (χ0n) is 12.1. The first-order valence-electron chi connectivity index (χ1n) is 7.28. The van der Waals surface area contributed by atoms with Crippen molar-refractivity contribution in [1.82, 2.24) is 9.47 Å². The largest absolute Gasteiger partial charge is 0.389 e. The van der Waals surface area contributed by atoms with Crippen molar-refractivity contribution in [2.75, 3.05) is 6.54 Å². The molecule has 0 spiro atoms. The van der Waals surface area contributed by atoms with Gasteiger partial charge in [-0.1, -0.05) is 12.2 Å². The summed E-state index contributed by atoms with van der Waals surface area (Å²) in [5.41, 5.74) is 7.55. The number of hydrogen-bond acceptors (Lipinski definition) is 2. The number of fused-ring (bicyclic) bond motifs is 1. The molecule has 4 nitrogen and oxygen atoms in total. The molecule has 1 aromatic heterocycles. The van der Waals surface area contributed by atoms with Gasteiger partial charge < -0.3 is 15.2 Å². The lowest BCUT2D eigenvalue weighted by Gasteiger charge is -2.20. The van der Waals surface area contributed by atoms with Crippen LogP contribution < -0.4 is 5.73 Å². The molecule has 2 aromatic rings. The van der Waals surface area contributed by atoms with E-state index >= 15 is 0 Å². The first kappa shape index (κ1) is 14.1. The molecule has 21 heavy (non-hydrogen) atoms. The molecule has 1 aliphatic rings. The van der Waals surface area contributed by atoms with Crippen LogP contribution in [0.5, 0.6) is 0 Å². The van der Waals surface area contributed by atoms with Crippen LogP contribution in [0.25, 0.3) is 10.9 Å². The summed E-state index contributed by atoms with van der Waals surface area (Å²) >= 11 is 5.00. The van der Waals surface area contributed by atoms with E-state index in [1.165, 1.54) is 0 Å². The molecule has 1 heterocycles. The quantitative estimate of drug-likeness (QED) is 0.862. The molecule has 1 fully saturated rings. The van der Waals surface area contributed by atoms with Gasteiger partial charge in [0.15, 0.2) is 0 Å². The van der Waals surface area contributed by atoms with Crippen molar-refractivity contribution in [2.24, 2.45) is 5.73 Å². The van der Waals surface area contributed by atoms with Crippen LogP contribution in [0.15, 0.2) is 30.5 Å². The number of nitrogens with zero attached hydrogens (tertiary/aromatic N) is 2. The number of likely N-dealkylation sites (N-methyl/N-ethyl adjacent to an activating group) is 1. The Morgan fingerprint density at radius 2 is 2.19 bits per heavy atom. The lowest BCUT2D eigenvalue weighted by Crippen LogP contribution is -2.35. The maximum absolute atomic E-state index is 12.4. The van der Waals surface area contributed by atoms with Crippen molar-refractivity contribution < 1.29 is 4.79 Å². The van der Waals surface area contributed by atoms with Crippen LogP contribution in [-0.4, -0.2) is 32.9 Å². The van der Waals surface area contributed by atoms with E-state index in [2.05, 4.69) is 0 Å². The van der Waals surface area contributed by atoms with E-state index < -0.39 is 0 Å². The summed E-state index contributed by atoms with van der Waals surface area (Å²) in [4.78, 5) is 14.8. The summed E-state index contributed by atoms with van der Waals surface area (Å²) in [6.07, 6.45) is 4.24. The van der Waals surface area contributed by atoms with Gasteiger partial charge in [-0.05, 0) is 44.0 Å². The number of rotatable bonds is 5. The highest BCUT2D eigenvalue weighted by Crippen LogP contribution is 2.27. The molecule has 2 N–H and O–H groups in total. The van der Waals surface area contributed by atoms with Gasteiger partial charge in [0.25, 0.3) is 0 Å². The van der Waals surface area contributed by atoms with Crippen LogP contribution >= 0.6 is 12.2 Å². The molecule has 1 saturated carbocycles. The molecule has 5 heteroatoms. The van der Waals surface area contributed by atoms with E-state index in [9.17, 15) is 4.79 Å². The third-order valence-corrected chi connectivity index (χ3v) is 4.25. The minimum absolute atomic E-state index is 0.191. The zero-order chi connectivity index (χ0) is 15.0. The Morgan fingerprint density at radius 3 is 2.81 bits per heavy atom. The van der Waals surface area contributed by atoms with Gasteiger partial charge in [-0.2, -0.15) is 0 Å². The number of aromatic nitrogens is 1. The van der Waals surface area contributed by atoms with E-state index in [1.54, 1.807) is 0 Å². The Balaban J connectivity index is 1.84. The average Bonchev–Trinajstić information content (AvgIpc) is 3.21. The average molecular weight is 301 g/mol. The Kier molecular flexibility index (Phi) is 3.68. The van der Waals surface area contributed by atoms with Crippen molar-refractivity contribution in [2.45, 2.75) is 32.4 Å². The fourth-order valence-corrected chi connectivity index (χ4v) is 2.88. The molecular formula is C16H19N3OS. The molecule has 3 rings (SSSR count). The molecule has 0 bridgehead atoms. The van der Waals surface area contributed by atoms with Crippen molar-refractivity contribution in [3.8, 4) is 0 Å². The molecule has 110 valence electrons. The van der Waals surface area contributed by atoms with Gasteiger partial charge in [0.1, 0.15) is 11.5 Å². The molecule has 0 aliphatic heterocycles. The van der Waals surface area contributed by atoms with Crippen LogP contribution in [0.1, 0.15) is 25.3 Å². The highest BCUT2D eigenvalue weighted by molar-refractivity contribution is 7.80. The Morgan fingerprint density at radius 1 is 1.43 bits per heavy atom. The fourth-order valence-electron chi connectivity index (χ4n) is 2.75. The molecule has 0 unspecified atom stereocenters. The highest BCUT2D eigenvalue weighted by atomic mass is 32.1. The molecule has 0 radical (unpaired) electrons. The van der Waals surface area contributed by atoms with Crippen molar-refractivity contribution in [3.05, 3.63) is 36.0 Å². The first-order valence-corrected chi connectivity index (χ1v) is 7.69. The Labute approximate surface area is 129 Å². The second-order valence-electron chi connectivity index (χ2n) is 5.49. The van der Waals surface area contributed by atoms with Crippen molar-refractivity contribution >= 4 is 34.0 Å². The summed E-state index contributed by atoms with van der Waals surface area (Å²) < 4.78 is 1.99. The third-order valence-electron chi connectivity index (χ3n) is 4.01. The topological polar surface area (TPSA) is 51.3 Å². The number of nitrogens with two attached hydrogens (primary N) is 1. The Bertz CT molecular complexity index is 703. The first-order chi connectivity index (χ1) is 10.1. The van der Waals surface area contributed by atoms with Crippen molar-refractivity contribution in [3.63, 3.8) is 0 Å². The maximum Gasteiger partial charge on any atom is 0.242 e. The van der Waals surface area contributed by atoms with Crippen molar-refractivity contribution in [1.29, 1.82) is 0 Å². The number of benzene rings is 1. The summed E-state index contributed by atoms with van der Waals surface area (Å²) in [5, 5.41) is 1.06. The van der Waals surface area contributed by atoms with Crippen LogP contribution in [0, 0.1) is 0 Å². The number of hydrogen-bond donors (Lipinski definition) is 1. The van der Waals surface area contributed by atoms with E-state index in [4.69, 9.17) is 18.0 Å². The van der Waals surface area contributed by atoms with Crippen LogP contribution in [0.2, 0.25) is 0 Å². The highest BCUT2D eigenvalue weighted by Gasteiger charge is 2.31. The van der Waals surface area contributed by atoms with E-state index in [0.29, 0.717) is 17.6 Å². The van der Waals surface area contributed by atoms with Gasteiger partial charge in [0.05, 0.1) is 0 Å². The summed E-state index contributed by atoms with van der Waals surface area (Å²) in [5.74, 6) is 0.191. The fraction of sp³-hybridized carbons (Fsp3) is 0.375. The van der Waals surface area contributed by atoms with E-state index in [1.807, 2.05) is 46.9 Å². The minimum Gasteiger partial charge on any atom is -0.389 e. The van der Waals surface area contributed by atoms with E-state index in [0.717, 1.165) is 35.9 Å². The SMILES string of the molecule is CCN(C(=O)Cn1ccc2cc(C(N)=S)ccc21)C1CC1. The zero-order valence-corrected chi connectivity index (χ0v) is 12.9. The van der Waals surface area contributed by atoms with Gasteiger partial charge in [-0.25, -0.2) is 0 Å². The second-order valence-corrected chi connectivity index (χ2v) is 5.93. The normalized spacial score (nSPS) is 14.3. The van der Waals surface area contributed by atoms with Crippen LogP contribution in [0.4, 0.5) is 0 Å². The third kappa shape index (κ3) is 2.78.